The normalized spacial score (nSPS) is 23.6. The summed E-state index contributed by atoms with van der Waals surface area (Å²) in [6.45, 7) is 0.0574. The van der Waals surface area contributed by atoms with Crippen molar-refractivity contribution in [2.75, 3.05) is 26.0 Å². The van der Waals surface area contributed by atoms with Gasteiger partial charge in [-0.05, 0) is 72.7 Å². The fourth-order valence-corrected chi connectivity index (χ4v) is 8.55. The van der Waals surface area contributed by atoms with Crippen molar-refractivity contribution in [1.82, 2.24) is 10.2 Å². The molecule has 0 spiro atoms. The summed E-state index contributed by atoms with van der Waals surface area (Å²) >= 11 is 5.44. The van der Waals surface area contributed by atoms with Crippen molar-refractivity contribution in [3.8, 4) is 16.9 Å². The first kappa shape index (κ1) is 33.9. The molecule has 2 amide bonds. The van der Waals surface area contributed by atoms with Crippen molar-refractivity contribution in [2.24, 2.45) is 17.6 Å². The van der Waals surface area contributed by atoms with E-state index in [1.807, 2.05) is 48.5 Å². The van der Waals surface area contributed by atoms with Crippen LogP contribution in [0.2, 0.25) is 0 Å². The molecule has 13 nitrogen and oxygen atoms in total. The van der Waals surface area contributed by atoms with E-state index in [0.29, 0.717) is 11.3 Å². The number of carbonyl (C=O) groups excluding carboxylic acids is 4. The molecule has 14 heteroatoms. The van der Waals surface area contributed by atoms with Gasteiger partial charge in [0, 0.05) is 41.5 Å². The van der Waals surface area contributed by atoms with E-state index < -0.39 is 76.3 Å². The van der Waals surface area contributed by atoms with Gasteiger partial charge in [-0.3, -0.25) is 19.7 Å². The van der Waals surface area contributed by atoms with Crippen LogP contribution in [-0.2, 0) is 25.5 Å². The number of carbonyl (C=O) groups is 4. The summed E-state index contributed by atoms with van der Waals surface area (Å²) < 4.78 is 5.61. The number of nitrogens with zero attached hydrogens (tertiary/aromatic N) is 1. The van der Waals surface area contributed by atoms with E-state index in [4.69, 9.17) is 22.7 Å². The maximum Gasteiger partial charge on any atom is 0.413 e. The first-order valence-corrected chi connectivity index (χ1v) is 16.6. The van der Waals surface area contributed by atoms with Crippen LogP contribution in [-0.4, -0.2) is 86.4 Å². The molecule has 0 heterocycles. The average molecular weight is 711 g/mol. The largest absolute Gasteiger partial charge is 0.508 e. The zero-order valence-electron chi connectivity index (χ0n) is 27.5. The van der Waals surface area contributed by atoms with Gasteiger partial charge in [0.2, 0.25) is 5.78 Å². The van der Waals surface area contributed by atoms with Gasteiger partial charge < -0.3 is 41.1 Å². The molecule has 0 bridgehead atoms. The number of primary amides is 1. The zero-order chi connectivity index (χ0) is 36.5. The maximum absolute atomic E-state index is 14.1. The van der Waals surface area contributed by atoms with E-state index in [1.54, 1.807) is 19.0 Å². The van der Waals surface area contributed by atoms with Crippen LogP contribution in [0.25, 0.3) is 16.9 Å². The number of thiocarbonyl (C=S) groups is 1. The second kappa shape index (κ2) is 12.3. The smallest absolute Gasteiger partial charge is 0.413 e. The van der Waals surface area contributed by atoms with Gasteiger partial charge in [0.05, 0.1) is 5.56 Å². The number of amides is 2. The van der Waals surface area contributed by atoms with E-state index in [1.165, 1.54) is 12.1 Å². The number of hydrogen-bond acceptors (Lipinski definition) is 11. The van der Waals surface area contributed by atoms with Gasteiger partial charge >= 0.3 is 6.09 Å². The highest BCUT2D eigenvalue weighted by Crippen LogP contribution is 2.54. The van der Waals surface area contributed by atoms with Gasteiger partial charge in [0.1, 0.15) is 29.4 Å². The Labute approximate surface area is 297 Å². The number of phenolic OH excluding ortho intramolecular Hbond substituents is 1. The molecule has 1 saturated carbocycles. The van der Waals surface area contributed by atoms with Crippen LogP contribution in [0.15, 0.2) is 77.6 Å². The second-order valence-electron chi connectivity index (χ2n) is 13.3. The Bertz CT molecular complexity index is 2100. The number of rotatable bonds is 5. The Morgan fingerprint density at radius 1 is 0.980 bits per heavy atom. The number of benzene rings is 3. The molecule has 8 N–H and O–H groups in total. The Kier molecular flexibility index (Phi) is 8.20. The van der Waals surface area contributed by atoms with Gasteiger partial charge in [-0.1, -0.05) is 48.5 Å². The number of aromatic hydroxyl groups is 1. The van der Waals surface area contributed by atoms with Gasteiger partial charge in [-0.25, -0.2) is 4.79 Å². The van der Waals surface area contributed by atoms with Crippen LogP contribution >= 0.6 is 12.2 Å². The van der Waals surface area contributed by atoms with E-state index >= 15 is 0 Å². The quantitative estimate of drug-likeness (QED) is 0.116. The number of anilines is 1. The average Bonchev–Trinajstić information content (AvgIpc) is 3.40. The summed E-state index contributed by atoms with van der Waals surface area (Å²) in [5.74, 6) is -7.71. The number of phenols is 1. The lowest BCUT2D eigenvalue weighted by molar-refractivity contribution is -0.153. The number of ether oxygens (including phenoxy) is 1. The lowest BCUT2D eigenvalue weighted by Crippen LogP contribution is -2.66. The summed E-state index contributed by atoms with van der Waals surface area (Å²) in [6.07, 6.45) is -1.28. The van der Waals surface area contributed by atoms with E-state index in [-0.39, 0.29) is 35.2 Å². The number of Topliss-reactive ketones (excluding diaryl/α,β-unsaturated/α-hetero) is 2. The molecule has 0 radical (unpaired) electrons. The van der Waals surface area contributed by atoms with Crippen molar-refractivity contribution < 1.29 is 44.3 Å². The molecule has 7 rings (SSSR count). The number of ketones is 2. The minimum atomic E-state index is -2.75. The molecule has 0 aliphatic heterocycles. The molecule has 4 atom stereocenters. The molecular formula is C37H34N4O9S. The number of fused-ring (bicyclic) bond motifs is 6. The monoisotopic (exact) mass is 710 g/mol. The predicted octanol–water partition coefficient (Wildman–Crippen LogP) is 3.20. The first-order chi connectivity index (χ1) is 24.2. The third-order valence-corrected chi connectivity index (χ3v) is 10.7. The van der Waals surface area contributed by atoms with Crippen LogP contribution in [0.3, 0.4) is 0 Å². The molecule has 1 fully saturated rings. The fraction of sp³-hybridized carbons (Fsp3) is 0.270. The van der Waals surface area contributed by atoms with Crippen LogP contribution < -0.4 is 16.4 Å². The molecule has 2 unspecified atom stereocenters. The molecule has 3 aromatic carbocycles. The van der Waals surface area contributed by atoms with Gasteiger partial charge in [-0.15, -0.1) is 0 Å². The van der Waals surface area contributed by atoms with Crippen molar-refractivity contribution in [2.45, 2.75) is 30.4 Å². The van der Waals surface area contributed by atoms with Gasteiger partial charge in [0.15, 0.2) is 16.5 Å². The third-order valence-electron chi connectivity index (χ3n) is 10.5. The molecule has 262 valence electrons. The lowest BCUT2D eigenvalue weighted by atomic mass is 9.56. The highest BCUT2D eigenvalue weighted by Gasteiger charge is 2.64. The lowest BCUT2D eigenvalue weighted by Gasteiger charge is -2.52. The van der Waals surface area contributed by atoms with E-state index in [2.05, 4.69) is 10.6 Å². The van der Waals surface area contributed by atoms with Crippen LogP contribution in [0.5, 0.6) is 5.75 Å². The standard InChI is InChI=1S/C37H34N4O9S/c1-41(2)30-21-13-20-24(39-35(51)40-36(48)50-15-22-18-9-5-3-7-16(18)17-8-4-6-10-19(17)22)11-12-25(42)27(20)31(44)28(21)32(45)37(49)23(30)14-26(43)29(33(37)46)34(38)47/h3-12,21-23,30,42,44,46,49H,13-15H2,1-2H3,(H2,38,47)(H2,39,40,48,51)/t21?,23?,30-,37-/m0/s1. The highest BCUT2D eigenvalue weighted by molar-refractivity contribution is 7.80. The molecule has 3 aromatic rings. The minimum absolute atomic E-state index is 0.00152. The SMILES string of the molecule is CN(C)[C@H]1C2Cc3c(NC(=S)NC(=O)OCC4c5ccccc5-c5ccccc54)ccc(O)c3C(O)=C2C(=O)[C@]2(O)C(O)=C(C(N)=O)C(=O)CC12. The molecular weight excluding hydrogens is 676 g/mol. The van der Waals surface area contributed by atoms with E-state index in [0.717, 1.165) is 22.3 Å². The number of aliphatic hydroxyl groups is 3. The van der Waals surface area contributed by atoms with Crippen molar-refractivity contribution >= 4 is 52.3 Å². The Hall–Kier alpha value is -5.57. The fourth-order valence-electron chi connectivity index (χ4n) is 8.36. The Morgan fingerprint density at radius 2 is 1.61 bits per heavy atom. The number of hydrogen-bond donors (Lipinski definition) is 7. The number of nitrogens with two attached hydrogens (primary N) is 1. The van der Waals surface area contributed by atoms with Crippen molar-refractivity contribution in [1.29, 1.82) is 0 Å². The first-order valence-electron chi connectivity index (χ1n) is 16.2. The summed E-state index contributed by atoms with van der Waals surface area (Å²) in [6, 6.07) is 17.8. The Morgan fingerprint density at radius 3 is 2.22 bits per heavy atom. The van der Waals surface area contributed by atoms with Gasteiger partial charge in [-0.2, -0.15) is 0 Å². The molecule has 4 aliphatic rings. The van der Waals surface area contributed by atoms with Crippen LogP contribution in [0, 0.1) is 11.8 Å². The van der Waals surface area contributed by atoms with Crippen LogP contribution in [0.1, 0.15) is 34.6 Å². The number of aliphatic hydroxyl groups excluding tert-OH is 2. The maximum atomic E-state index is 14.1. The predicted molar refractivity (Wildman–Crippen MR) is 189 cm³/mol. The Balaban J connectivity index is 1.15. The van der Waals surface area contributed by atoms with Crippen molar-refractivity contribution in [3.63, 3.8) is 0 Å². The molecule has 4 aliphatic carbocycles. The zero-order valence-corrected chi connectivity index (χ0v) is 28.3. The molecule has 0 saturated heterocycles. The third kappa shape index (κ3) is 5.17. The summed E-state index contributed by atoms with van der Waals surface area (Å²) in [5, 5.41) is 50.6. The minimum Gasteiger partial charge on any atom is -0.508 e. The molecule has 0 aromatic heterocycles. The highest BCUT2D eigenvalue weighted by atomic mass is 32.1. The number of alkyl carbamates (subject to hydrolysis) is 1. The topological polar surface area (TPSA) is 212 Å². The molecule has 51 heavy (non-hydrogen) atoms. The summed E-state index contributed by atoms with van der Waals surface area (Å²) in [5.41, 5.74) is 6.15. The second-order valence-corrected chi connectivity index (χ2v) is 13.7. The summed E-state index contributed by atoms with van der Waals surface area (Å²) in [7, 11) is 3.30. The van der Waals surface area contributed by atoms with Gasteiger partial charge in [0.25, 0.3) is 5.91 Å². The van der Waals surface area contributed by atoms with Crippen molar-refractivity contribution in [3.05, 3.63) is 99.8 Å². The summed E-state index contributed by atoms with van der Waals surface area (Å²) in [4.78, 5) is 53.7. The van der Waals surface area contributed by atoms with Crippen LogP contribution in [0.4, 0.5) is 10.5 Å². The number of nitrogens with one attached hydrogen (secondary N) is 2. The van der Waals surface area contributed by atoms with E-state index in [9.17, 15) is 39.6 Å².